The summed E-state index contributed by atoms with van der Waals surface area (Å²) < 4.78 is 0. The van der Waals surface area contributed by atoms with Crippen LogP contribution in [-0.2, 0) is 6.54 Å². The van der Waals surface area contributed by atoms with Crippen LogP contribution in [-0.4, -0.2) is 28.2 Å². The van der Waals surface area contributed by atoms with Crippen LogP contribution >= 0.6 is 0 Å². The lowest BCUT2D eigenvalue weighted by Crippen LogP contribution is -2.38. The van der Waals surface area contributed by atoms with Crippen LogP contribution in [0.25, 0.3) is 0 Å². The molecule has 0 radical (unpaired) electrons. The molecule has 90 valence electrons. The first-order valence-corrected chi connectivity index (χ1v) is 6.42. The second-order valence-corrected chi connectivity index (χ2v) is 5.42. The van der Waals surface area contributed by atoms with Gasteiger partial charge in [0.1, 0.15) is 0 Å². The monoisotopic (exact) mass is 221 g/mol. The van der Waals surface area contributed by atoms with Gasteiger partial charge < -0.3 is 0 Å². The Hall–Kier alpha value is -0.830. The minimum absolute atomic E-state index is 0.596. The fourth-order valence-electron chi connectivity index (χ4n) is 2.72. The SMILES string of the molecule is CCCC1(C)CCN(Cc2ccn[nH]2)CC1. The Morgan fingerprint density at radius 3 is 2.75 bits per heavy atom. The van der Waals surface area contributed by atoms with Crippen molar-refractivity contribution in [1.82, 2.24) is 15.1 Å². The molecule has 2 heterocycles. The van der Waals surface area contributed by atoms with Crippen molar-refractivity contribution in [2.45, 2.75) is 46.1 Å². The van der Waals surface area contributed by atoms with Crippen molar-refractivity contribution in [1.29, 1.82) is 0 Å². The minimum atomic E-state index is 0.596. The summed E-state index contributed by atoms with van der Waals surface area (Å²) in [5.41, 5.74) is 1.83. The smallest absolute Gasteiger partial charge is 0.0492 e. The Labute approximate surface area is 98.2 Å². The number of hydrogen-bond donors (Lipinski definition) is 1. The molecular weight excluding hydrogens is 198 g/mol. The number of likely N-dealkylation sites (tertiary alicyclic amines) is 1. The molecule has 0 atom stereocenters. The third kappa shape index (κ3) is 2.85. The fourth-order valence-corrected chi connectivity index (χ4v) is 2.72. The number of piperidine rings is 1. The highest BCUT2D eigenvalue weighted by Gasteiger charge is 2.28. The maximum atomic E-state index is 3.99. The van der Waals surface area contributed by atoms with E-state index in [1.165, 1.54) is 44.5 Å². The van der Waals surface area contributed by atoms with Crippen LogP contribution in [0.1, 0.15) is 45.2 Å². The average molecular weight is 221 g/mol. The predicted molar refractivity (Wildman–Crippen MR) is 66.1 cm³/mol. The lowest BCUT2D eigenvalue weighted by atomic mass is 9.77. The first-order valence-electron chi connectivity index (χ1n) is 6.42. The van der Waals surface area contributed by atoms with Gasteiger partial charge in [0.2, 0.25) is 0 Å². The van der Waals surface area contributed by atoms with E-state index in [4.69, 9.17) is 0 Å². The van der Waals surface area contributed by atoms with E-state index in [0.717, 1.165) is 6.54 Å². The maximum absolute atomic E-state index is 3.99. The van der Waals surface area contributed by atoms with Gasteiger partial charge in [-0.2, -0.15) is 5.10 Å². The van der Waals surface area contributed by atoms with Crippen molar-refractivity contribution in [3.8, 4) is 0 Å². The highest BCUT2D eigenvalue weighted by atomic mass is 15.2. The number of nitrogens with zero attached hydrogens (tertiary/aromatic N) is 2. The van der Waals surface area contributed by atoms with Crippen molar-refractivity contribution < 1.29 is 0 Å². The van der Waals surface area contributed by atoms with Crippen LogP contribution in [0, 0.1) is 5.41 Å². The summed E-state index contributed by atoms with van der Waals surface area (Å²) in [6.07, 6.45) is 7.21. The van der Waals surface area contributed by atoms with Gasteiger partial charge in [0, 0.05) is 18.4 Å². The van der Waals surface area contributed by atoms with Crippen LogP contribution in [0.3, 0.4) is 0 Å². The summed E-state index contributed by atoms with van der Waals surface area (Å²) in [4.78, 5) is 2.53. The average Bonchev–Trinajstić information content (AvgIpc) is 2.75. The topological polar surface area (TPSA) is 31.9 Å². The van der Waals surface area contributed by atoms with Crippen molar-refractivity contribution in [2.75, 3.05) is 13.1 Å². The highest BCUT2D eigenvalue weighted by molar-refractivity contribution is 4.97. The van der Waals surface area contributed by atoms with E-state index in [1.807, 2.05) is 6.20 Å². The number of aromatic amines is 1. The lowest BCUT2D eigenvalue weighted by molar-refractivity contribution is 0.104. The molecule has 1 aliphatic rings. The van der Waals surface area contributed by atoms with E-state index in [2.05, 4.69) is 35.0 Å². The van der Waals surface area contributed by atoms with E-state index in [1.54, 1.807) is 0 Å². The van der Waals surface area contributed by atoms with Gasteiger partial charge >= 0.3 is 0 Å². The highest BCUT2D eigenvalue weighted by Crippen LogP contribution is 2.35. The first kappa shape index (κ1) is 11.6. The van der Waals surface area contributed by atoms with Crippen molar-refractivity contribution >= 4 is 0 Å². The minimum Gasteiger partial charge on any atom is -0.297 e. The number of rotatable bonds is 4. The zero-order valence-electron chi connectivity index (χ0n) is 10.5. The molecule has 0 spiro atoms. The summed E-state index contributed by atoms with van der Waals surface area (Å²) in [7, 11) is 0. The van der Waals surface area contributed by atoms with Gasteiger partial charge in [-0.15, -0.1) is 0 Å². The molecule has 0 amide bonds. The van der Waals surface area contributed by atoms with Crippen LogP contribution in [0.5, 0.6) is 0 Å². The molecule has 1 aliphatic heterocycles. The normalized spacial score (nSPS) is 21.1. The second-order valence-electron chi connectivity index (χ2n) is 5.42. The molecule has 0 aliphatic carbocycles. The van der Waals surface area contributed by atoms with Gasteiger partial charge in [-0.05, 0) is 43.8 Å². The molecule has 3 heteroatoms. The Kier molecular flexibility index (Phi) is 3.64. The second kappa shape index (κ2) is 5.00. The Balaban J connectivity index is 1.81. The molecule has 0 aromatic carbocycles. The molecule has 1 aromatic rings. The Morgan fingerprint density at radius 2 is 2.19 bits per heavy atom. The first-order chi connectivity index (χ1) is 7.72. The van der Waals surface area contributed by atoms with Crippen molar-refractivity contribution in [3.63, 3.8) is 0 Å². The van der Waals surface area contributed by atoms with Crippen molar-refractivity contribution in [2.24, 2.45) is 5.41 Å². The van der Waals surface area contributed by atoms with E-state index in [-0.39, 0.29) is 0 Å². The zero-order valence-corrected chi connectivity index (χ0v) is 10.5. The molecule has 1 aromatic heterocycles. The van der Waals surface area contributed by atoms with Gasteiger partial charge in [0.05, 0.1) is 0 Å². The molecule has 0 bridgehead atoms. The molecule has 16 heavy (non-hydrogen) atoms. The van der Waals surface area contributed by atoms with Gasteiger partial charge in [0.15, 0.2) is 0 Å². The van der Waals surface area contributed by atoms with Crippen LogP contribution in [0.2, 0.25) is 0 Å². The molecule has 0 unspecified atom stereocenters. The number of H-pyrrole nitrogens is 1. The van der Waals surface area contributed by atoms with Crippen LogP contribution in [0.4, 0.5) is 0 Å². The maximum Gasteiger partial charge on any atom is 0.0492 e. The van der Waals surface area contributed by atoms with Crippen LogP contribution in [0.15, 0.2) is 12.3 Å². The summed E-state index contributed by atoms with van der Waals surface area (Å²) in [6.45, 7) is 8.24. The number of nitrogens with one attached hydrogen (secondary N) is 1. The van der Waals surface area contributed by atoms with Gasteiger partial charge in [-0.25, -0.2) is 0 Å². The van der Waals surface area contributed by atoms with Gasteiger partial charge in [-0.3, -0.25) is 10.00 Å². The molecule has 3 nitrogen and oxygen atoms in total. The van der Waals surface area contributed by atoms with Crippen molar-refractivity contribution in [3.05, 3.63) is 18.0 Å². The quantitative estimate of drug-likeness (QED) is 0.848. The fraction of sp³-hybridized carbons (Fsp3) is 0.769. The third-order valence-electron chi connectivity index (χ3n) is 3.87. The standard InChI is InChI=1S/C13H23N3/c1-3-5-13(2)6-9-16(10-7-13)11-12-4-8-14-15-12/h4,8H,3,5-7,9-11H2,1-2H3,(H,14,15). The van der Waals surface area contributed by atoms with Gasteiger partial charge in [-0.1, -0.05) is 20.3 Å². The molecule has 1 N–H and O–H groups in total. The predicted octanol–water partition coefficient (Wildman–Crippen LogP) is 2.81. The van der Waals surface area contributed by atoms with Gasteiger partial charge in [0.25, 0.3) is 0 Å². The van der Waals surface area contributed by atoms with E-state index >= 15 is 0 Å². The number of hydrogen-bond acceptors (Lipinski definition) is 2. The third-order valence-corrected chi connectivity index (χ3v) is 3.87. The lowest BCUT2D eigenvalue weighted by Gasteiger charge is -2.39. The van der Waals surface area contributed by atoms with E-state index < -0.39 is 0 Å². The molecule has 2 rings (SSSR count). The summed E-state index contributed by atoms with van der Waals surface area (Å²) in [5.74, 6) is 0. The van der Waals surface area contributed by atoms with E-state index in [9.17, 15) is 0 Å². The van der Waals surface area contributed by atoms with E-state index in [0.29, 0.717) is 5.41 Å². The summed E-state index contributed by atoms with van der Waals surface area (Å²) in [6, 6.07) is 2.07. The number of aromatic nitrogens is 2. The Morgan fingerprint density at radius 1 is 1.44 bits per heavy atom. The molecule has 1 fully saturated rings. The molecular formula is C13H23N3. The van der Waals surface area contributed by atoms with Crippen LogP contribution < -0.4 is 0 Å². The molecule has 1 saturated heterocycles. The Bertz CT molecular complexity index is 297. The summed E-state index contributed by atoms with van der Waals surface area (Å²) in [5, 5.41) is 7.03. The molecule has 0 saturated carbocycles. The largest absolute Gasteiger partial charge is 0.297 e. The summed E-state index contributed by atoms with van der Waals surface area (Å²) >= 11 is 0. The zero-order chi connectivity index (χ0) is 11.4.